The first-order valence-corrected chi connectivity index (χ1v) is 16.8. The molecule has 4 nitrogen and oxygen atoms in total. The first kappa shape index (κ1) is 23.0. The van der Waals surface area contributed by atoms with Crippen LogP contribution in [0, 0.1) is 0 Å². The molecule has 7 heterocycles. The molecule has 46 heavy (non-hydrogen) atoms. The predicted octanol–water partition coefficient (Wildman–Crippen LogP) is 9.18. The summed E-state index contributed by atoms with van der Waals surface area (Å²) in [7, 11) is 0. The van der Waals surface area contributed by atoms with E-state index in [1.807, 2.05) is 11.3 Å². The summed E-state index contributed by atoms with van der Waals surface area (Å²) in [5.74, 6) is 0.978. The van der Waals surface area contributed by atoms with E-state index in [4.69, 9.17) is 9.15 Å². The van der Waals surface area contributed by atoms with Gasteiger partial charge in [-0.1, -0.05) is 91.0 Å². The Bertz CT molecular complexity index is 2900. The quantitative estimate of drug-likeness (QED) is 0.162. The van der Waals surface area contributed by atoms with Gasteiger partial charge in [-0.2, -0.15) is 0 Å². The number of anilines is 2. The van der Waals surface area contributed by atoms with Crippen molar-refractivity contribution in [2.24, 2.45) is 0 Å². The van der Waals surface area contributed by atoms with Crippen molar-refractivity contribution in [1.29, 1.82) is 0 Å². The molecule has 0 spiro atoms. The van der Waals surface area contributed by atoms with Gasteiger partial charge in [0.2, 0.25) is 0 Å². The number of para-hydroxylation sites is 4. The molecular formula is C40H21BN2O2S. The summed E-state index contributed by atoms with van der Waals surface area (Å²) < 4.78 is 17.7. The molecule has 0 bridgehead atoms. The smallest absolute Gasteiger partial charge is 0.333 e. The molecular weight excluding hydrogens is 583 g/mol. The van der Waals surface area contributed by atoms with Crippen molar-refractivity contribution in [2.75, 3.05) is 4.90 Å². The Morgan fingerprint density at radius 2 is 1.48 bits per heavy atom. The van der Waals surface area contributed by atoms with Gasteiger partial charge >= 0.3 is 6.85 Å². The average Bonchev–Trinajstić information content (AvgIpc) is 3.89. The number of nitrogens with zero attached hydrogens (tertiary/aromatic N) is 2. The Morgan fingerprint density at radius 1 is 0.674 bits per heavy atom. The molecule has 0 radical (unpaired) electrons. The Labute approximate surface area is 266 Å². The van der Waals surface area contributed by atoms with Gasteiger partial charge in [0.25, 0.3) is 0 Å². The third kappa shape index (κ3) is 2.37. The standard InChI is InChI=1S/C40H21BN2O2S/c1-4-16-29-20(9-1)27-19-26-21-12-7-13-24-32-23-11-3-6-18-31(23)46-40(32)43(34(21)24)41-28-15-8-14-25-35(28)42(37(33(26)41)39(27)44-29)36-22-10-2-5-17-30(22)45-38(25)36/h1-19,36,38H. The highest BCUT2D eigenvalue weighted by atomic mass is 32.1. The number of hydrogen-bond acceptors (Lipinski definition) is 4. The highest BCUT2D eigenvalue weighted by molar-refractivity contribution is 7.26. The van der Waals surface area contributed by atoms with Gasteiger partial charge in [-0.05, 0) is 40.8 Å². The van der Waals surface area contributed by atoms with E-state index in [1.54, 1.807) is 0 Å². The predicted molar refractivity (Wildman–Crippen MR) is 189 cm³/mol. The molecule has 2 unspecified atom stereocenters. The maximum absolute atomic E-state index is 6.92. The van der Waals surface area contributed by atoms with Crippen LogP contribution in [0.5, 0.6) is 5.75 Å². The summed E-state index contributed by atoms with van der Waals surface area (Å²) in [5, 5.41) is 6.36. The molecule has 0 saturated heterocycles. The highest BCUT2D eigenvalue weighted by Gasteiger charge is 2.55. The van der Waals surface area contributed by atoms with Crippen molar-refractivity contribution in [3.8, 4) is 16.9 Å². The Morgan fingerprint density at radius 3 is 2.46 bits per heavy atom. The molecule has 4 aliphatic heterocycles. The van der Waals surface area contributed by atoms with Gasteiger partial charge in [0.05, 0.1) is 10.5 Å². The largest absolute Gasteiger partial charge is 0.483 e. The van der Waals surface area contributed by atoms with Gasteiger partial charge in [-0.15, -0.1) is 11.3 Å². The zero-order valence-electron chi connectivity index (χ0n) is 24.3. The fraction of sp³-hybridized carbons (Fsp3) is 0.0500. The van der Waals surface area contributed by atoms with Crippen molar-refractivity contribution in [2.45, 2.75) is 12.1 Å². The maximum Gasteiger partial charge on any atom is 0.333 e. The summed E-state index contributed by atoms with van der Waals surface area (Å²) in [5.41, 5.74) is 13.4. The molecule has 4 aliphatic rings. The number of furan rings is 1. The lowest BCUT2D eigenvalue weighted by molar-refractivity contribution is 0.223. The number of ether oxygens (including phenoxy) is 1. The normalized spacial score (nSPS) is 18.1. The van der Waals surface area contributed by atoms with E-state index in [0.717, 1.165) is 22.3 Å². The summed E-state index contributed by atoms with van der Waals surface area (Å²) in [6.45, 7) is 0.00541. The van der Waals surface area contributed by atoms with Gasteiger partial charge in [-0.25, -0.2) is 0 Å². The van der Waals surface area contributed by atoms with Gasteiger partial charge in [0.1, 0.15) is 17.4 Å². The fourth-order valence-electron chi connectivity index (χ4n) is 9.45. The minimum absolute atomic E-state index is 0.00541. The Kier molecular flexibility index (Phi) is 3.74. The Hall–Kier alpha value is -5.46. The van der Waals surface area contributed by atoms with Crippen LogP contribution in [0.4, 0.5) is 11.4 Å². The topological polar surface area (TPSA) is 30.5 Å². The van der Waals surface area contributed by atoms with Crippen LogP contribution in [0.1, 0.15) is 23.3 Å². The highest BCUT2D eigenvalue weighted by Crippen LogP contribution is 2.61. The third-order valence-electron chi connectivity index (χ3n) is 11.1. The number of fused-ring (bicyclic) bond motifs is 18. The zero-order valence-corrected chi connectivity index (χ0v) is 25.1. The molecule has 0 N–H and O–H groups in total. The number of rotatable bonds is 0. The first-order chi connectivity index (χ1) is 22.8. The Balaban J connectivity index is 1.27. The minimum Gasteiger partial charge on any atom is -0.483 e. The molecule has 0 amide bonds. The van der Waals surface area contributed by atoms with E-state index < -0.39 is 0 Å². The second-order valence-corrected chi connectivity index (χ2v) is 14.1. The van der Waals surface area contributed by atoms with Gasteiger partial charge < -0.3 is 18.5 Å². The van der Waals surface area contributed by atoms with Gasteiger partial charge in [0, 0.05) is 59.5 Å². The average molecular weight is 604 g/mol. The zero-order chi connectivity index (χ0) is 29.4. The summed E-state index contributed by atoms with van der Waals surface area (Å²) in [6, 6.07) is 42.2. The molecule has 0 saturated carbocycles. The van der Waals surface area contributed by atoms with E-state index >= 15 is 0 Å². The van der Waals surface area contributed by atoms with Crippen LogP contribution in [-0.2, 0) is 0 Å². The second kappa shape index (κ2) is 7.49. The van der Waals surface area contributed by atoms with E-state index in [9.17, 15) is 0 Å². The molecule has 9 aromatic rings. The first-order valence-electron chi connectivity index (χ1n) is 16.0. The molecule has 212 valence electrons. The molecule has 0 aliphatic carbocycles. The number of thiophene rings is 1. The monoisotopic (exact) mass is 604 g/mol. The summed E-state index contributed by atoms with van der Waals surface area (Å²) >= 11 is 1.92. The van der Waals surface area contributed by atoms with Crippen molar-refractivity contribution in [3.63, 3.8) is 0 Å². The fourth-order valence-corrected chi connectivity index (χ4v) is 10.7. The van der Waals surface area contributed by atoms with E-state index in [-0.39, 0.29) is 19.0 Å². The summed E-state index contributed by atoms with van der Waals surface area (Å²) in [6.07, 6.45) is -0.0841. The van der Waals surface area contributed by atoms with Crippen LogP contribution < -0.4 is 20.6 Å². The molecule has 0 fully saturated rings. The minimum atomic E-state index is -0.0841. The lowest BCUT2D eigenvalue weighted by Gasteiger charge is -2.40. The van der Waals surface area contributed by atoms with E-state index in [2.05, 4.69) is 125 Å². The molecule has 3 aromatic heterocycles. The number of benzene rings is 6. The van der Waals surface area contributed by atoms with Crippen molar-refractivity contribution in [1.82, 2.24) is 4.48 Å². The molecule has 6 heteroatoms. The SMILES string of the molecule is c1ccc2c(c1)OC1c3cccc4c3N(c3c5c(cc6c3oc3ccccc36)-c3cccc6c7c8ccccc8sc7n(c36)B45)C21. The van der Waals surface area contributed by atoms with E-state index in [1.165, 1.54) is 81.1 Å². The van der Waals surface area contributed by atoms with Crippen LogP contribution in [0.25, 0.3) is 64.3 Å². The lowest BCUT2D eigenvalue weighted by atomic mass is 9.45. The van der Waals surface area contributed by atoms with Crippen LogP contribution in [-0.4, -0.2) is 11.3 Å². The van der Waals surface area contributed by atoms with Crippen LogP contribution in [0.2, 0.25) is 0 Å². The van der Waals surface area contributed by atoms with Crippen LogP contribution in [0.15, 0.2) is 120 Å². The van der Waals surface area contributed by atoms with E-state index in [0.29, 0.717) is 0 Å². The number of hydrogen-bond donors (Lipinski definition) is 0. The van der Waals surface area contributed by atoms with Crippen molar-refractivity contribution >= 4 is 93.6 Å². The maximum atomic E-state index is 6.92. The second-order valence-electron chi connectivity index (χ2n) is 13.1. The van der Waals surface area contributed by atoms with Crippen LogP contribution >= 0.6 is 11.3 Å². The van der Waals surface area contributed by atoms with Crippen molar-refractivity contribution in [3.05, 3.63) is 126 Å². The third-order valence-corrected chi connectivity index (χ3v) is 12.3. The van der Waals surface area contributed by atoms with Crippen LogP contribution in [0.3, 0.4) is 0 Å². The molecule has 6 aromatic carbocycles. The molecule has 2 atom stereocenters. The number of aromatic nitrogens is 1. The van der Waals surface area contributed by atoms with Crippen molar-refractivity contribution < 1.29 is 9.15 Å². The van der Waals surface area contributed by atoms with Gasteiger partial charge in [0.15, 0.2) is 11.7 Å². The lowest BCUT2D eigenvalue weighted by Crippen LogP contribution is -2.57. The van der Waals surface area contributed by atoms with Gasteiger partial charge in [-0.3, -0.25) is 0 Å². The summed E-state index contributed by atoms with van der Waals surface area (Å²) in [4.78, 5) is 3.93. The molecule has 13 rings (SSSR count).